The number of hydrogen-bond acceptors (Lipinski definition) is 3. The molecule has 2 aliphatic rings. The molecule has 4 nitrogen and oxygen atoms in total. The van der Waals surface area contributed by atoms with Crippen molar-refractivity contribution in [3.05, 3.63) is 11.6 Å². The summed E-state index contributed by atoms with van der Waals surface area (Å²) in [6, 6.07) is -0.193. The van der Waals surface area contributed by atoms with Crippen molar-refractivity contribution in [3.8, 4) is 0 Å². The van der Waals surface area contributed by atoms with E-state index in [4.69, 9.17) is 0 Å². The molecular weight excluding hydrogens is 262 g/mol. The van der Waals surface area contributed by atoms with Crippen LogP contribution in [0.5, 0.6) is 0 Å². The van der Waals surface area contributed by atoms with E-state index >= 15 is 0 Å². The minimum Gasteiger partial charge on any atom is -0.352 e. The second-order valence-corrected chi connectivity index (χ2v) is 8.91. The third-order valence-electron chi connectivity index (χ3n) is 4.28. The molecule has 108 valence electrons. The van der Waals surface area contributed by atoms with Gasteiger partial charge in [-0.25, -0.2) is 8.42 Å². The van der Waals surface area contributed by atoms with Gasteiger partial charge in [-0.05, 0) is 31.6 Å². The highest BCUT2D eigenvalue weighted by Crippen LogP contribution is 2.59. The Balaban J connectivity index is 1.97. The van der Waals surface area contributed by atoms with E-state index in [1.54, 1.807) is 0 Å². The number of carbonyl (C=O) groups is 1. The summed E-state index contributed by atoms with van der Waals surface area (Å²) < 4.78 is 22.8. The minimum absolute atomic E-state index is 0.00889. The molecule has 1 aliphatic carbocycles. The van der Waals surface area contributed by atoms with Gasteiger partial charge in [0, 0.05) is 6.04 Å². The maximum atomic E-state index is 12.2. The van der Waals surface area contributed by atoms with Crippen LogP contribution in [0.3, 0.4) is 0 Å². The summed E-state index contributed by atoms with van der Waals surface area (Å²) in [5.74, 6) is 0.554. The molecule has 2 fully saturated rings. The molecule has 1 aliphatic heterocycles. The van der Waals surface area contributed by atoms with Gasteiger partial charge in [-0.3, -0.25) is 4.79 Å². The second kappa shape index (κ2) is 4.62. The first kappa shape index (κ1) is 14.6. The first-order chi connectivity index (χ1) is 8.63. The van der Waals surface area contributed by atoms with Gasteiger partial charge in [-0.15, -0.1) is 0 Å². The maximum Gasteiger partial charge on any atom is 0.224 e. The number of amides is 1. The standard InChI is InChI=1S/C14H23NO3S/c1-9(2)7-11-12(14(11,3)4)13(16)15-10-5-6-19(17,18)8-10/h7,10-12H,5-6,8H2,1-4H3,(H,15,16)/t10-,11-,12-/m1/s1. The Labute approximate surface area is 115 Å². The number of carbonyl (C=O) groups excluding carboxylic acids is 1. The van der Waals surface area contributed by atoms with Crippen LogP contribution in [0.1, 0.15) is 34.1 Å². The average Bonchev–Trinajstić information content (AvgIpc) is 2.59. The van der Waals surface area contributed by atoms with E-state index in [0.29, 0.717) is 6.42 Å². The summed E-state index contributed by atoms with van der Waals surface area (Å²) >= 11 is 0. The number of rotatable bonds is 3. The molecule has 19 heavy (non-hydrogen) atoms. The van der Waals surface area contributed by atoms with Gasteiger partial charge in [0.05, 0.1) is 17.4 Å². The van der Waals surface area contributed by atoms with E-state index in [0.717, 1.165) is 0 Å². The molecule has 1 amide bonds. The molecule has 0 radical (unpaired) electrons. The van der Waals surface area contributed by atoms with Gasteiger partial charge < -0.3 is 5.32 Å². The highest BCUT2D eigenvalue weighted by molar-refractivity contribution is 7.91. The van der Waals surface area contributed by atoms with Crippen LogP contribution < -0.4 is 5.32 Å². The fraction of sp³-hybridized carbons (Fsp3) is 0.786. The van der Waals surface area contributed by atoms with Crippen molar-refractivity contribution in [3.63, 3.8) is 0 Å². The molecule has 0 aromatic heterocycles. The van der Waals surface area contributed by atoms with E-state index in [-0.39, 0.29) is 40.7 Å². The second-order valence-electron chi connectivity index (χ2n) is 6.68. The topological polar surface area (TPSA) is 63.2 Å². The van der Waals surface area contributed by atoms with Crippen molar-refractivity contribution in [1.82, 2.24) is 5.32 Å². The highest BCUT2D eigenvalue weighted by Gasteiger charge is 2.60. The van der Waals surface area contributed by atoms with Gasteiger partial charge in [0.15, 0.2) is 9.84 Å². The molecule has 0 unspecified atom stereocenters. The van der Waals surface area contributed by atoms with Gasteiger partial charge in [-0.2, -0.15) is 0 Å². The summed E-state index contributed by atoms with van der Waals surface area (Å²) in [4.78, 5) is 12.2. The molecule has 0 aromatic rings. The van der Waals surface area contributed by atoms with Crippen molar-refractivity contribution in [2.75, 3.05) is 11.5 Å². The molecule has 0 aromatic carbocycles. The average molecular weight is 285 g/mol. The number of nitrogens with one attached hydrogen (secondary N) is 1. The van der Waals surface area contributed by atoms with Crippen molar-refractivity contribution in [1.29, 1.82) is 0 Å². The monoisotopic (exact) mass is 285 g/mol. The summed E-state index contributed by atoms with van der Waals surface area (Å²) in [5, 5.41) is 2.91. The first-order valence-corrected chi connectivity index (χ1v) is 8.61. The Morgan fingerprint density at radius 3 is 2.42 bits per heavy atom. The van der Waals surface area contributed by atoms with E-state index in [1.807, 2.05) is 13.8 Å². The Hall–Kier alpha value is -0.840. The molecular formula is C14H23NO3S. The van der Waals surface area contributed by atoms with Crippen LogP contribution in [-0.2, 0) is 14.6 Å². The van der Waals surface area contributed by atoms with Crippen LogP contribution in [0.25, 0.3) is 0 Å². The van der Waals surface area contributed by atoms with Gasteiger partial charge in [0.1, 0.15) is 0 Å². The summed E-state index contributed by atoms with van der Waals surface area (Å²) in [5.41, 5.74) is 1.20. The smallest absolute Gasteiger partial charge is 0.224 e. The quantitative estimate of drug-likeness (QED) is 0.800. The Kier molecular flexibility index (Phi) is 3.54. The van der Waals surface area contributed by atoms with Crippen molar-refractivity contribution in [2.45, 2.75) is 40.2 Å². The zero-order chi connectivity index (χ0) is 14.4. The van der Waals surface area contributed by atoms with E-state index in [1.165, 1.54) is 5.57 Å². The highest BCUT2D eigenvalue weighted by atomic mass is 32.2. The summed E-state index contributed by atoms with van der Waals surface area (Å²) in [7, 11) is -2.93. The Morgan fingerprint density at radius 1 is 1.32 bits per heavy atom. The number of sulfone groups is 1. The van der Waals surface area contributed by atoms with Crippen molar-refractivity contribution < 1.29 is 13.2 Å². The molecule has 1 saturated carbocycles. The third-order valence-corrected chi connectivity index (χ3v) is 6.05. The molecule has 3 atom stereocenters. The molecule has 1 saturated heterocycles. The number of hydrogen-bond donors (Lipinski definition) is 1. The van der Waals surface area contributed by atoms with E-state index in [2.05, 4.69) is 25.2 Å². The molecule has 5 heteroatoms. The van der Waals surface area contributed by atoms with Crippen LogP contribution in [0.2, 0.25) is 0 Å². The maximum absolute atomic E-state index is 12.2. The normalized spacial score (nSPS) is 34.6. The van der Waals surface area contributed by atoms with E-state index < -0.39 is 9.84 Å². The molecule has 1 N–H and O–H groups in total. The first-order valence-electron chi connectivity index (χ1n) is 6.79. The largest absolute Gasteiger partial charge is 0.352 e. The lowest BCUT2D eigenvalue weighted by Crippen LogP contribution is -2.37. The lowest BCUT2D eigenvalue weighted by atomic mass is 10.1. The molecule has 1 heterocycles. The van der Waals surface area contributed by atoms with Crippen LogP contribution >= 0.6 is 0 Å². The van der Waals surface area contributed by atoms with Crippen LogP contribution in [0.4, 0.5) is 0 Å². The number of allylic oxidation sites excluding steroid dienone is 2. The lowest BCUT2D eigenvalue weighted by molar-refractivity contribution is -0.123. The zero-order valence-corrected chi connectivity index (χ0v) is 12.9. The van der Waals surface area contributed by atoms with Gasteiger partial charge >= 0.3 is 0 Å². The van der Waals surface area contributed by atoms with Crippen LogP contribution in [-0.4, -0.2) is 31.9 Å². The predicted molar refractivity (Wildman–Crippen MR) is 75.4 cm³/mol. The summed E-state index contributed by atoms with van der Waals surface area (Å²) in [6.07, 6.45) is 2.70. The summed E-state index contributed by atoms with van der Waals surface area (Å²) in [6.45, 7) is 8.25. The minimum atomic E-state index is -2.93. The van der Waals surface area contributed by atoms with Gasteiger partial charge in [0.25, 0.3) is 0 Å². The SMILES string of the molecule is CC(C)=C[C@@H]1[C@H](C(=O)N[C@@H]2CCS(=O)(=O)C2)C1(C)C. The fourth-order valence-corrected chi connectivity index (χ4v) is 4.72. The zero-order valence-electron chi connectivity index (χ0n) is 12.1. The predicted octanol–water partition coefficient (Wildman–Crippen LogP) is 1.53. The van der Waals surface area contributed by atoms with Gasteiger partial charge in [-0.1, -0.05) is 25.5 Å². The van der Waals surface area contributed by atoms with Gasteiger partial charge in [0.2, 0.25) is 5.91 Å². The van der Waals surface area contributed by atoms with Crippen molar-refractivity contribution in [2.24, 2.45) is 17.3 Å². The fourth-order valence-electron chi connectivity index (χ4n) is 3.05. The Morgan fingerprint density at radius 2 is 1.95 bits per heavy atom. The molecule has 0 spiro atoms. The van der Waals surface area contributed by atoms with Crippen LogP contribution in [0.15, 0.2) is 11.6 Å². The Bertz CT molecular complexity index is 515. The molecule has 2 rings (SSSR count). The lowest BCUT2D eigenvalue weighted by Gasteiger charge is -2.11. The van der Waals surface area contributed by atoms with Crippen molar-refractivity contribution >= 4 is 15.7 Å². The molecule has 0 bridgehead atoms. The van der Waals surface area contributed by atoms with E-state index in [9.17, 15) is 13.2 Å². The third kappa shape index (κ3) is 3.02. The van der Waals surface area contributed by atoms with Crippen LogP contribution in [0, 0.1) is 17.3 Å².